The van der Waals surface area contributed by atoms with Crippen LogP contribution in [0.3, 0.4) is 0 Å². The van der Waals surface area contributed by atoms with Crippen molar-refractivity contribution in [3.8, 4) is 0 Å². The van der Waals surface area contributed by atoms with Crippen LogP contribution in [0.25, 0.3) is 0 Å². The Morgan fingerprint density at radius 3 is 2.57 bits per heavy atom. The number of ether oxygens (including phenoxy) is 1. The molecule has 0 radical (unpaired) electrons. The van der Waals surface area contributed by atoms with E-state index in [2.05, 4.69) is 17.1 Å². The van der Waals surface area contributed by atoms with E-state index < -0.39 is 11.6 Å². The van der Waals surface area contributed by atoms with E-state index in [1.807, 2.05) is 0 Å². The fraction of sp³-hybridized carbons (Fsp3) is 0.938. The van der Waals surface area contributed by atoms with Crippen molar-refractivity contribution in [2.75, 3.05) is 33.3 Å². The Morgan fingerprint density at radius 2 is 2.00 bits per heavy atom. The third-order valence-corrected chi connectivity index (χ3v) is 5.05. The number of β-amino-alcohol motifs (C(OH)–C–C–N with tert-alkyl or cyclic N) is 1. The number of piperidine rings is 1. The van der Waals surface area contributed by atoms with E-state index >= 15 is 0 Å². The summed E-state index contributed by atoms with van der Waals surface area (Å²) in [6, 6.07) is 0. The fourth-order valence-corrected chi connectivity index (χ4v) is 3.55. The first kappa shape index (κ1) is 16.7. The highest BCUT2D eigenvalue weighted by Gasteiger charge is 2.42. The molecule has 0 spiro atoms. The van der Waals surface area contributed by atoms with Crippen LogP contribution in [0, 0.1) is 5.92 Å². The number of nitrogens with zero attached hydrogens (tertiary/aromatic N) is 1. The van der Waals surface area contributed by atoms with Crippen LogP contribution >= 0.6 is 0 Å². The van der Waals surface area contributed by atoms with Gasteiger partial charge in [-0.05, 0) is 44.7 Å². The van der Waals surface area contributed by atoms with Gasteiger partial charge in [-0.1, -0.05) is 19.8 Å². The van der Waals surface area contributed by atoms with Gasteiger partial charge >= 0.3 is 5.97 Å². The molecule has 21 heavy (non-hydrogen) atoms. The number of nitrogens with one attached hydrogen (secondary N) is 1. The van der Waals surface area contributed by atoms with Crippen molar-refractivity contribution in [1.29, 1.82) is 0 Å². The van der Waals surface area contributed by atoms with E-state index in [0.29, 0.717) is 13.1 Å². The van der Waals surface area contributed by atoms with Gasteiger partial charge in [0.05, 0.1) is 13.2 Å². The third kappa shape index (κ3) is 4.41. The summed E-state index contributed by atoms with van der Waals surface area (Å²) < 4.78 is 4.94. The Hall–Kier alpha value is -0.650. The summed E-state index contributed by atoms with van der Waals surface area (Å²) in [6.45, 7) is 5.58. The lowest BCUT2D eigenvalue weighted by molar-refractivity contribution is -0.148. The highest BCUT2D eigenvalue weighted by atomic mass is 16.5. The average molecular weight is 298 g/mol. The number of esters is 1. The first-order chi connectivity index (χ1) is 10.1. The lowest BCUT2D eigenvalue weighted by Gasteiger charge is -2.33. The number of aliphatic hydroxyl groups excluding tert-OH is 1. The molecule has 1 atom stereocenters. The topological polar surface area (TPSA) is 61.8 Å². The van der Waals surface area contributed by atoms with Crippen molar-refractivity contribution in [2.45, 2.75) is 57.1 Å². The molecule has 1 aliphatic heterocycles. The van der Waals surface area contributed by atoms with Crippen molar-refractivity contribution in [1.82, 2.24) is 10.2 Å². The van der Waals surface area contributed by atoms with E-state index in [1.54, 1.807) is 0 Å². The van der Waals surface area contributed by atoms with Crippen LogP contribution in [0.4, 0.5) is 0 Å². The predicted molar refractivity (Wildman–Crippen MR) is 82.1 cm³/mol. The Labute approximate surface area is 128 Å². The second-order valence-electron chi connectivity index (χ2n) is 6.80. The van der Waals surface area contributed by atoms with E-state index in [4.69, 9.17) is 4.74 Å². The molecule has 5 heteroatoms. The average Bonchev–Trinajstić information content (AvgIpc) is 2.97. The molecular formula is C16H30N2O3. The number of aliphatic hydroxyl groups is 1. The van der Waals surface area contributed by atoms with Gasteiger partial charge in [0, 0.05) is 13.1 Å². The van der Waals surface area contributed by atoms with Crippen molar-refractivity contribution in [3.63, 3.8) is 0 Å². The number of carbonyl (C=O) groups is 1. The van der Waals surface area contributed by atoms with Crippen molar-refractivity contribution in [3.05, 3.63) is 0 Å². The molecule has 2 N–H and O–H groups in total. The van der Waals surface area contributed by atoms with Crippen LogP contribution in [0.5, 0.6) is 0 Å². The maximum absolute atomic E-state index is 12.0. The summed E-state index contributed by atoms with van der Waals surface area (Å²) in [5.74, 6) is 0.622. The van der Waals surface area contributed by atoms with Crippen molar-refractivity contribution in [2.24, 2.45) is 5.92 Å². The number of hydrogen-bond acceptors (Lipinski definition) is 5. The zero-order valence-electron chi connectivity index (χ0n) is 13.4. The highest BCUT2D eigenvalue weighted by molar-refractivity contribution is 5.81. The van der Waals surface area contributed by atoms with E-state index in [0.717, 1.165) is 44.7 Å². The zero-order chi connectivity index (χ0) is 15.3. The molecule has 1 saturated heterocycles. The van der Waals surface area contributed by atoms with Crippen LogP contribution in [0.1, 0.15) is 45.4 Å². The Bertz CT molecular complexity index is 334. The number of hydrogen-bond donors (Lipinski definition) is 2. The van der Waals surface area contributed by atoms with Crippen LogP contribution < -0.4 is 5.32 Å². The standard InChI is InChI=1S/C16H30N2O3/c1-13-5-9-18(10-6-13)12-14(19)11-17-16(15(20)21-2)7-3-4-8-16/h13-14,17,19H,3-12H2,1-2H3. The van der Waals surface area contributed by atoms with Gasteiger partial charge in [0.25, 0.3) is 0 Å². The van der Waals surface area contributed by atoms with Crippen LogP contribution in [-0.2, 0) is 9.53 Å². The molecule has 1 unspecified atom stereocenters. The van der Waals surface area contributed by atoms with Crippen molar-refractivity contribution >= 4 is 5.97 Å². The van der Waals surface area contributed by atoms with Crippen LogP contribution in [-0.4, -0.2) is 60.9 Å². The lowest BCUT2D eigenvalue weighted by atomic mass is 9.97. The largest absolute Gasteiger partial charge is 0.468 e. The first-order valence-corrected chi connectivity index (χ1v) is 8.29. The molecule has 122 valence electrons. The lowest BCUT2D eigenvalue weighted by Crippen LogP contribution is -2.54. The van der Waals surface area contributed by atoms with Gasteiger partial charge < -0.3 is 14.7 Å². The SMILES string of the molecule is COC(=O)C1(NCC(O)CN2CCC(C)CC2)CCCC1. The Morgan fingerprint density at radius 1 is 1.38 bits per heavy atom. The summed E-state index contributed by atoms with van der Waals surface area (Å²) in [5.41, 5.74) is -0.563. The minimum absolute atomic E-state index is 0.181. The quantitative estimate of drug-likeness (QED) is 0.721. The summed E-state index contributed by atoms with van der Waals surface area (Å²) in [5, 5.41) is 13.5. The normalized spacial score (nSPS) is 24.9. The molecule has 2 aliphatic rings. The third-order valence-electron chi connectivity index (χ3n) is 5.05. The zero-order valence-corrected chi connectivity index (χ0v) is 13.4. The summed E-state index contributed by atoms with van der Waals surface area (Å²) in [7, 11) is 1.44. The maximum Gasteiger partial charge on any atom is 0.326 e. The molecule has 0 amide bonds. The first-order valence-electron chi connectivity index (χ1n) is 8.29. The molecular weight excluding hydrogens is 268 g/mol. The molecule has 5 nitrogen and oxygen atoms in total. The molecule has 0 aromatic rings. The maximum atomic E-state index is 12.0. The van der Waals surface area contributed by atoms with Gasteiger partial charge in [-0.2, -0.15) is 0 Å². The predicted octanol–water partition coefficient (Wildman–Crippen LogP) is 1.15. The number of rotatable bonds is 6. The number of likely N-dealkylation sites (tertiary alicyclic amines) is 1. The summed E-state index contributed by atoms with van der Waals surface area (Å²) in [4.78, 5) is 14.3. The molecule has 1 heterocycles. The highest BCUT2D eigenvalue weighted by Crippen LogP contribution is 2.30. The molecule has 1 aliphatic carbocycles. The molecule has 2 rings (SSSR count). The monoisotopic (exact) mass is 298 g/mol. The van der Waals surface area contributed by atoms with E-state index in [-0.39, 0.29) is 5.97 Å². The van der Waals surface area contributed by atoms with Gasteiger partial charge in [-0.15, -0.1) is 0 Å². The summed E-state index contributed by atoms with van der Waals surface area (Å²) in [6.07, 6.45) is 5.71. The fourth-order valence-electron chi connectivity index (χ4n) is 3.55. The molecule has 1 saturated carbocycles. The Balaban J connectivity index is 1.77. The van der Waals surface area contributed by atoms with E-state index in [1.165, 1.54) is 20.0 Å². The number of methoxy groups -OCH3 is 1. The Kier molecular flexibility index (Phi) is 6.02. The molecule has 0 bridgehead atoms. The minimum atomic E-state index is -0.563. The second kappa shape index (κ2) is 7.56. The molecule has 0 aromatic heterocycles. The van der Waals surface area contributed by atoms with Crippen molar-refractivity contribution < 1.29 is 14.6 Å². The van der Waals surface area contributed by atoms with Crippen LogP contribution in [0.2, 0.25) is 0 Å². The van der Waals surface area contributed by atoms with Gasteiger partial charge in [0.15, 0.2) is 0 Å². The van der Waals surface area contributed by atoms with Gasteiger partial charge in [0.1, 0.15) is 5.54 Å². The van der Waals surface area contributed by atoms with E-state index in [9.17, 15) is 9.90 Å². The second-order valence-corrected chi connectivity index (χ2v) is 6.80. The van der Waals surface area contributed by atoms with Gasteiger partial charge in [0.2, 0.25) is 0 Å². The number of carbonyl (C=O) groups excluding carboxylic acids is 1. The van der Waals surface area contributed by atoms with Crippen LogP contribution in [0.15, 0.2) is 0 Å². The van der Waals surface area contributed by atoms with Gasteiger partial charge in [-0.3, -0.25) is 10.1 Å². The summed E-state index contributed by atoms with van der Waals surface area (Å²) >= 11 is 0. The smallest absolute Gasteiger partial charge is 0.326 e. The molecule has 2 fully saturated rings. The molecule has 0 aromatic carbocycles. The minimum Gasteiger partial charge on any atom is -0.468 e. The van der Waals surface area contributed by atoms with Gasteiger partial charge in [-0.25, -0.2) is 0 Å².